The number of nitrogens with zero attached hydrogens (tertiary/aromatic N) is 2. The van der Waals surface area contributed by atoms with Crippen LogP contribution in [0.2, 0.25) is 0 Å². The Hall–Kier alpha value is -1.58. The summed E-state index contributed by atoms with van der Waals surface area (Å²) in [7, 11) is 0. The molecule has 1 aromatic heterocycles. The lowest BCUT2D eigenvalue weighted by Gasteiger charge is -2.33. The van der Waals surface area contributed by atoms with E-state index in [-0.39, 0.29) is 5.91 Å². The van der Waals surface area contributed by atoms with Gasteiger partial charge in [-0.2, -0.15) is 0 Å². The van der Waals surface area contributed by atoms with E-state index in [4.69, 9.17) is 0 Å². The molecule has 0 atom stereocenters. The summed E-state index contributed by atoms with van der Waals surface area (Å²) in [4.78, 5) is 18.6. The van der Waals surface area contributed by atoms with Gasteiger partial charge in [-0.3, -0.25) is 9.78 Å². The van der Waals surface area contributed by atoms with Crippen LogP contribution in [0.5, 0.6) is 0 Å². The maximum absolute atomic E-state index is 12.0. The Labute approximate surface area is 139 Å². The van der Waals surface area contributed by atoms with E-state index in [9.17, 15) is 4.79 Å². The molecule has 0 spiro atoms. The predicted octanol–water partition coefficient (Wildman–Crippen LogP) is 3.38. The summed E-state index contributed by atoms with van der Waals surface area (Å²) < 4.78 is 0. The van der Waals surface area contributed by atoms with Gasteiger partial charge in [-0.15, -0.1) is 0 Å². The molecule has 2 heterocycles. The first-order chi connectivity index (χ1) is 11.3. The molecule has 23 heavy (non-hydrogen) atoms. The van der Waals surface area contributed by atoms with E-state index in [2.05, 4.69) is 21.3 Å². The Morgan fingerprint density at radius 1 is 1.17 bits per heavy atom. The largest absolute Gasteiger partial charge is 0.370 e. The normalized spacial score (nSPS) is 19.9. The van der Waals surface area contributed by atoms with Crippen LogP contribution in [0.15, 0.2) is 24.5 Å². The van der Waals surface area contributed by atoms with Crippen molar-refractivity contribution in [2.45, 2.75) is 51.4 Å². The van der Waals surface area contributed by atoms with Gasteiger partial charge in [0.15, 0.2) is 0 Å². The third kappa shape index (κ3) is 4.95. The standard InChI is InChI=1S/C19H29N3O/c23-19(8-7-16-4-1-2-5-16)21-14-17-9-12-22(13-10-17)18-6-3-11-20-15-18/h3,6,11,15-17H,1-2,4-5,7-10,12-14H2,(H,21,23). The van der Waals surface area contributed by atoms with E-state index in [1.54, 1.807) is 0 Å². The molecular formula is C19H29N3O. The van der Waals surface area contributed by atoms with Gasteiger partial charge in [0.25, 0.3) is 0 Å². The molecule has 2 fully saturated rings. The van der Waals surface area contributed by atoms with Crippen LogP contribution in [-0.2, 0) is 4.79 Å². The number of carbonyl (C=O) groups excluding carboxylic acids is 1. The Balaban J connectivity index is 1.32. The van der Waals surface area contributed by atoms with Crippen molar-refractivity contribution >= 4 is 11.6 Å². The lowest BCUT2D eigenvalue weighted by atomic mass is 9.96. The van der Waals surface area contributed by atoms with E-state index in [0.717, 1.165) is 51.2 Å². The van der Waals surface area contributed by atoms with Crippen LogP contribution in [0.3, 0.4) is 0 Å². The average Bonchev–Trinajstić information content (AvgIpc) is 3.13. The zero-order chi connectivity index (χ0) is 15.9. The van der Waals surface area contributed by atoms with Gasteiger partial charge in [-0.05, 0) is 43.2 Å². The molecule has 0 unspecified atom stereocenters. The molecule has 0 bridgehead atoms. The lowest BCUT2D eigenvalue weighted by molar-refractivity contribution is -0.121. The maximum atomic E-state index is 12.0. The summed E-state index contributed by atoms with van der Waals surface area (Å²) in [5.74, 6) is 1.69. The van der Waals surface area contributed by atoms with Crippen molar-refractivity contribution in [3.63, 3.8) is 0 Å². The van der Waals surface area contributed by atoms with Crippen molar-refractivity contribution in [1.29, 1.82) is 0 Å². The van der Waals surface area contributed by atoms with E-state index in [1.807, 2.05) is 18.5 Å². The van der Waals surface area contributed by atoms with E-state index < -0.39 is 0 Å². The Kier molecular flexibility index (Phi) is 5.89. The molecule has 4 nitrogen and oxygen atoms in total. The summed E-state index contributed by atoms with van der Waals surface area (Å²) in [6, 6.07) is 4.12. The van der Waals surface area contributed by atoms with Gasteiger partial charge in [-0.1, -0.05) is 25.7 Å². The number of piperidine rings is 1. The number of carbonyl (C=O) groups is 1. The first kappa shape index (κ1) is 16.3. The zero-order valence-electron chi connectivity index (χ0n) is 14.0. The fourth-order valence-electron chi connectivity index (χ4n) is 3.92. The lowest BCUT2D eigenvalue weighted by Crippen LogP contribution is -2.38. The molecule has 0 radical (unpaired) electrons. The first-order valence-electron chi connectivity index (χ1n) is 9.23. The van der Waals surface area contributed by atoms with Crippen LogP contribution in [0.1, 0.15) is 51.4 Å². The number of hydrogen-bond donors (Lipinski definition) is 1. The number of hydrogen-bond acceptors (Lipinski definition) is 3. The fourth-order valence-corrected chi connectivity index (χ4v) is 3.92. The molecular weight excluding hydrogens is 286 g/mol. The number of nitrogens with one attached hydrogen (secondary N) is 1. The molecule has 1 aliphatic carbocycles. The highest BCUT2D eigenvalue weighted by Gasteiger charge is 2.20. The second kappa shape index (κ2) is 8.32. The van der Waals surface area contributed by atoms with Crippen molar-refractivity contribution in [2.24, 2.45) is 11.8 Å². The second-order valence-corrected chi connectivity index (χ2v) is 7.13. The van der Waals surface area contributed by atoms with Crippen molar-refractivity contribution in [2.75, 3.05) is 24.5 Å². The van der Waals surface area contributed by atoms with Gasteiger partial charge >= 0.3 is 0 Å². The van der Waals surface area contributed by atoms with E-state index in [0.29, 0.717) is 5.92 Å². The van der Waals surface area contributed by atoms with Crippen LogP contribution in [0, 0.1) is 11.8 Å². The topological polar surface area (TPSA) is 45.2 Å². The summed E-state index contributed by atoms with van der Waals surface area (Å²) in [5.41, 5.74) is 1.21. The minimum Gasteiger partial charge on any atom is -0.370 e. The zero-order valence-corrected chi connectivity index (χ0v) is 14.0. The Morgan fingerprint density at radius 3 is 2.65 bits per heavy atom. The third-order valence-corrected chi connectivity index (χ3v) is 5.47. The van der Waals surface area contributed by atoms with Crippen LogP contribution in [0.25, 0.3) is 0 Å². The molecule has 0 aromatic carbocycles. The van der Waals surface area contributed by atoms with Gasteiger partial charge < -0.3 is 10.2 Å². The summed E-state index contributed by atoms with van der Waals surface area (Å²) >= 11 is 0. The fraction of sp³-hybridized carbons (Fsp3) is 0.684. The van der Waals surface area contributed by atoms with Crippen LogP contribution < -0.4 is 10.2 Å². The smallest absolute Gasteiger partial charge is 0.220 e. The molecule has 1 N–H and O–H groups in total. The number of aromatic nitrogens is 1. The molecule has 126 valence electrons. The summed E-state index contributed by atoms with van der Waals surface area (Å²) in [6.07, 6.45) is 13.3. The maximum Gasteiger partial charge on any atom is 0.220 e. The molecule has 2 aliphatic rings. The Morgan fingerprint density at radius 2 is 1.96 bits per heavy atom. The highest BCUT2D eigenvalue weighted by atomic mass is 16.1. The highest BCUT2D eigenvalue weighted by Crippen LogP contribution is 2.28. The monoisotopic (exact) mass is 315 g/mol. The summed E-state index contributed by atoms with van der Waals surface area (Å²) in [6.45, 7) is 2.98. The first-order valence-corrected chi connectivity index (χ1v) is 9.23. The van der Waals surface area contributed by atoms with E-state index in [1.165, 1.54) is 31.4 Å². The molecule has 1 amide bonds. The molecule has 1 saturated heterocycles. The Bertz CT molecular complexity index is 477. The second-order valence-electron chi connectivity index (χ2n) is 7.13. The molecule has 4 heteroatoms. The predicted molar refractivity (Wildman–Crippen MR) is 93.4 cm³/mol. The van der Waals surface area contributed by atoms with Gasteiger partial charge in [0.1, 0.15) is 0 Å². The van der Waals surface area contributed by atoms with Crippen LogP contribution in [0.4, 0.5) is 5.69 Å². The molecule has 1 aromatic rings. The highest BCUT2D eigenvalue weighted by molar-refractivity contribution is 5.75. The molecule has 1 saturated carbocycles. The van der Waals surface area contributed by atoms with Crippen molar-refractivity contribution in [3.05, 3.63) is 24.5 Å². The minimum absolute atomic E-state index is 0.256. The average molecular weight is 315 g/mol. The minimum atomic E-state index is 0.256. The van der Waals surface area contributed by atoms with Gasteiger partial charge in [0, 0.05) is 32.3 Å². The number of amides is 1. The molecule has 1 aliphatic heterocycles. The van der Waals surface area contributed by atoms with Crippen molar-refractivity contribution in [3.8, 4) is 0 Å². The third-order valence-electron chi connectivity index (χ3n) is 5.47. The van der Waals surface area contributed by atoms with Crippen LogP contribution in [-0.4, -0.2) is 30.5 Å². The quantitative estimate of drug-likeness (QED) is 0.875. The summed E-state index contributed by atoms with van der Waals surface area (Å²) in [5, 5.41) is 3.16. The number of anilines is 1. The van der Waals surface area contributed by atoms with E-state index >= 15 is 0 Å². The van der Waals surface area contributed by atoms with Crippen molar-refractivity contribution < 1.29 is 4.79 Å². The number of rotatable bonds is 6. The van der Waals surface area contributed by atoms with Gasteiger partial charge in [-0.25, -0.2) is 0 Å². The SMILES string of the molecule is O=C(CCC1CCCC1)NCC1CCN(c2cccnc2)CC1. The number of pyridine rings is 1. The molecule has 3 rings (SSSR count). The van der Waals surface area contributed by atoms with Crippen LogP contribution >= 0.6 is 0 Å². The van der Waals surface area contributed by atoms with Crippen molar-refractivity contribution in [1.82, 2.24) is 10.3 Å². The van der Waals surface area contributed by atoms with Gasteiger partial charge in [0.05, 0.1) is 11.9 Å². The van der Waals surface area contributed by atoms with Gasteiger partial charge in [0.2, 0.25) is 5.91 Å².